The highest BCUT2D eigenvalue weighted by molar-refractivity contribution is 5.97. The summed E-state index contributed by atoms with van der Waals surface area (Å²) < 4.78 is 0. The van der Waals surface area contributed by atoms with Gasteiger partial charge in [-0.05, 0) is 13.8 Å². The van der Waals surface area contributed by atoms with Gasteiger partial charge >= 0.3 is 0 Å². The maximum Gasteiger partial charge on any atom is 0.220 e. The van der Waals surface area contributed by atoms with Crippen molar-refractivity contribution < 1.29 is 14.7 Å². The van der Waals surface area contributed by atoms with E-state index >= 15 is 0 Å². The molecule has 1 amide bonds. The largest absolute Gasteiger partial charge is 0.394 e. The molecule has 0 aromatic heterocycles. The first kappa shape index (κ1) is 14.4. The molecule has 1 aromatic carbocycles. The Morgan fingerprint density at radius 3 is 2.39 bits per heavy atom. The first-order valence-electron chi connectivity index (χ1n) is 6.03. The number of carbonyl (C=O) groups is 2. The predicted molar refractivity (Wildman–Crippen MR) is 69.4 cm³/mol. The molecular formula is C14H19NO3. The van der Waals surface area contributed by atoms with Crippen LogP contribution in [0.1, 0.15) is 35.7 Å². The van der Waals surface area contributed by atoms with Crippen molar-refractivity contribution in [3.63, 3.8) is 0 Å². The molecule has 0 aliphatic rings. The average molecular weight is 249 g/mol. The van der Waals surface area contributed by atoms with E-state index < -0.39 is 0 Å². The van der Waals surface area contributed by atoms with E-state index in [1.165, 1.54) is 0 Å². The summed E-state index contributed by atoms with van der Waals surface area (Å²) >= 11 is 0. The number of hydrogen-bond donors (Lipinski definition) is 2. The standard InChI is InChI=1S/C14H19NO3/c1-10-3-5-12(6-4-10)13(17)7-8-14(18)15-11(2)9-16/h3-6,11,16H,7-9H2,1-2H3,(H,15,18). The third kappa shape index (κ3) is 4.67. The van der Waals surface area contributed by atoms with Crippen molar-refractivity contribution in [1.29, 1.82) is 0 Å². The minimum absolute atomic E-state index is 0.0400. The molecule has 1 aromatic rings. The summed E-state index contributed by atoms with van der Waals surface area (Å²) in [6, 6.07) is 7.02. The van der Waals surface area contributed by atoms with Crippen LogP contribution in [0, 0.1) is 6.92 Å². The Bertz CT molecular complexity index is 412. The number of hydrogen-bond acceptors (Lipinski definition) is 3. The van der Waals surface area contributed by atoms with Gasteiger partial charge in [0.1, 0.15) is 0 Å². The van der Waals surface area contributed by atoms with Crippen LogP contribution in [-0.4, -0.2) is 29.4 Å². The molecule has 1 atom stereocenters. The van der Waals surface area contributed by atoms with E-state index in [1.54, 1.807) is 19.1 Å². The van der Waals surface area contributed by atoms with Crippen molar-refractivity contribution in [2.24, 2.45) is 0 Å². The van der Waals surface area contributed by atoms with Crippen molar-refractivity contribution in [2.75, 3.05) is 6.61 Å². The van der Waals surface area contributed by atoms with Crippen LogP contribution in [0.2, 0.25) is 0 Å². The minimum atomic E-state index is -0.271. The summed E-state index contributed by atoms with van der Waals surface area (Å²) in [6.45, 7) is 3.56. The van der Waals surface area contributed by atoms with Crippen molar-refractivity contribution in [1.82, 2.24) is 5.32 Å². The van der Waals surface area contributed by atoms with E-state index in [9.17, 15) is 9.59 Å². The summed E-state index contributed by atoms with van der Waals surface area (Å²) in [5, 5.41) is 11.4. The van der Waals surface area contributed by atoms with Crippen LogP contribution in [0.25, 0.3) is 0 Å². The van der Waals surface area contributed by atoms with Gasteiger partial charge in [0.25, 0.3) is 0 Å². The topological polar surface area (TPSA) is 66.4 Å². The van der Waals surface area contributed by atoms with Gasteiger partial charge in [0.15, 0.2) is 5.78 Å². The SMILES string of the molecule is Cc1ccc(C(=O)CCC(=O)NC(C)CO)cc1. The van der Waals surface area contributed by atoms with Crippen LogP contribution in [0.15, 0.2) is 24.3 Å². The lowest BCUT2D eigenvalue weighted by atomic mass is 10.0. The molecule has 98 valence electrons. The zero-order valence-corrected chi connectivity index (χ0v) is 10.8. The molecule has 0 heterocycles. The highest BCUT2D eigenvalue weighted by Gasteiger charge is 2.10. The molecule has 0 saturated heterocycles. The van der Waals surface area contributed by atoms with E-state index in [0.29, 0.717) is 5.56 Å². The summed E-state index contributed by atoms with van der Waals surface area (Å²) in [7, 11) is 0. The van der Waals surface area contributed by atoms with Crippen LogP contribution < -0.4 is 5.32 Å². The fraction of sp³-hybridized carbons (Fsp3) is 0.429. The van der Waals surface area contributed by atoms with Gasteiger partial charge < -0.3 is 10.4 Å². The Morgan fingerprint density at radius 2 is 1.83 bits per heavy atom. The fourth-order valence-corrected chi connectivity index (χ4v) is 1.50. The number of aliphatic hydroxyl groups is 1. The number of carbonyl (C=O) groups excluding carboxylic acids is 2. The van der Waals surface area contributed by atoms with Gasteiger partial charge in [-0.15, -0.1) is 0 Å². The number of nitrogens with one attached hydrogen (secondary N) is 1. The molecule has 0 aliphatic carbocycles. The van der Waals surface area contributed by atoms with Crippen LogP contribution in [0.5, 0.6) is 0 Å². The fourth-order valence-electron chi connectivity index (χ4n) is 1.50. The smallest absolute Gasteiger partial charge is 0.220 e. The highest BCUT2D eigenvalue weighted by Crippen LogP contribution is 2.07. The number of aryl methyl sites for hydroxylation is 1. The van der Waals surface area contributed by atoms with E-state index in [0.717, 1.165) is 5.56 Å². The van der Waals surface area contributed by atoms with Crippen LogP contribution in [0.4, 0.5) is 0 Å². The Kier molecular flexibility index (Phi) is 5.52. The third-order valence-electron chi connectivity index (χ3n) is 2.63. The third-order valence-corrected chi connectivity index (χ3v) is 2.63. The van der Waals surface area contributed by atoms with Gasteiger partial charge in [0, 0.05) is 24.4 Å². The van der Waals surface area contributed by atoms with E-state index in [1.807, 2.05) is 19.1 Å². The maximum absolute atomic E-state index is 11.8. The maximum atomic E-state index is 11.8. The molecule has 0 spiro atoms. The number of Topliss-reactive ketones (excluding diaryl/α,β-unsaturated/α-hetero) is 1. The lowest BCUT2D eigenvalue weighted by Crippen LogP contribution is -2.35. The van der Waals surface area contributed by atoms with Gasteiger partial charge in [0.2, 0.25) is 5.91 Å². The van der Waals surface area contributed by atoms with Crippen LogP contribution in [0.3, 0.4) is 0 Å². The molecule has 0 aliphatic heterocycles. The molecule has 4 nitrogen and oxygen atoms in total. The summed E-state index contributed by atoms with van der Waals surface area (Å²) in [4.78, 5) is 23.2. The number of ketones is 1. The monoisotopic (exact) mass is 249 g/mol. The molecule has 1 rings (SSSR count). The molecule has 1 unspecified atom stereocenters. The quantitative estimate of drug-likeness (QED) is 0.750. The van der Waals surface area contributed by atoms with Gasteiger partial charge in [-0.1, -0.05) is 29.8 Å². The van der Waals surface area contributed by atoms with Crippen molar-refractivity contribution >= 4 is 11.7 Å². The molecule has 18 heavy (non-hydrogen) atoms. The van der Waals surface area contributed by atoms with Crippen molar-refractivity contribution in [3.05, 3.63) is 35.4 Å². The molecule has 4 heteroatoms. The molecule has 0 fully saturated rings. The predicted octanol–water partition coefficient (Wildman–Crippen LogP) is 1.45. The number of benzene rings is 1. The average Bonchev–Trinajstić information content (AvgIpc) is 2.36. The first-order valence-corrected chi connectivity index (χ1v) is 6.03. The van der Waals surface area contributed by atoms with Crippen LogP contribution in [-0.2, 0) is 4.79 Å². The van der Waals surface area contributed by atoms with Gasteiger partial charge in [-0.25, -0.2) is 0 Å². The Morgan fingerprint density at radius 1 is 1.22 bits per heavy atom. The second-order valence-corrected chi connectivity index (χ2v) is 4.44. The number of rotatable bonds is 6. The summed E-state index contributed by atoms with van der Waals surface area (Å²) in [5.41, 5.74) is 1.73. The Hall–Kier alpha value is -1.68. The molecular weight excluding hydrogens is 230 g/mol. The lowest BCUT2D eigenvalue weighted by molar-refractivity contribution is -0.121. The zero-order chi connectivity index (χ0) is 13.5. The minimum Gasteiger partial charge on any atom is -0.394 e. The highest BCUT2D eigenvalue weighted by atomic mass is 16.3. The second-order valence-electron chi connectivity index (χ2n) is 4.44. The Balaban J connectivity index is 2.41. The van der Waals surface area contributed by atoms with Gasteiger partial charge in [0.05, 0.1) is 6.61 Å². The van der Waals surface area contributed by atoms with Crippen molar-refractivity contribution in [3.8, 4) is 0 Å². The number of amides is 1. The molecule has 2 N–H and O–H groups in total. The number of aliphatic hydroxyl groups excluding tert-OH is 1. The normalized spacial score (nSPS) is 11.9. The summed E-state index contributed by atoms with van der Waals surface area (Å²) in [5.74, 6) is -0.251. The van der Waals surface area contributed by atoms with Crippen molar-refractivity contribution in [2.45, 2.75) is 32.7 Å². The van der Waals surface area contributed by atoms with Gasteiger partial charge in [-0.2, -0.15) is 0 Å². The van der Waals surface area contributed by atoms with E-state index in [4.69, 9.17) is 5.11 Å². The zero-order valence-electron chi connectivity index (χ0n) is 10.8. The first-order chi connectivity index (χ1) is 8.52. The second kappa shape index (κ2) is 6.91. The molecule has 0 saturated carbocycles. The molecule has 0 bridgehead atoms. The van der Waals surface area contributed by atoms with Gasteiger partial charge in [-0.3, -0.25) is 9.59 Å². The summed E-state index contributed by atoms with van der Waals surface area (Å²) in [6.07, 6.45) is 0.337. The van der Waals surface area contributed by atoms with E-state index in [-0.39, 0.29) is 37.2 Å². The van der Waals surface area contributed by atoms with E-state index in [2.05, 4.69) is 5.32 Å². The lowest BCUT2D eigenvalue weighted by Gasteiger charge is -2.10. The van der Waals surface area contributed by atoms with Crippen LogP contribution >= 0.6 is 0 Å². The Labute approximate surface area is 107 Å². The molecule has 0 radical (unpaired) electrons.